The number of esters is 1. The second-order valence-electron chi connectivity index (χ2n) is 7.03. The van der Waals surface area contributed by atoms with Crippen LogP contribution in [0.2, 0.25) is 0 Å². The van der Waals surface area contributed by atoms with Crippen LogP contribution < -0.4 is 5.46 Å². The minimum absolute atomic E-state index is 0.00694. The van der Waals surface area contributed by atoms with Crippen molar-refractivity contribution in [2.45, 2.75) is 58.7 Å². The van der Waals surface area contributed by atoms with Gasteiger partial charge in [0.25, 0.3) is 0 Å². The fourth-order valence-electron chi connectivity index (χ4n) is 2.17. The van der Waals surface area contributed by atoms with Crippen LogP contribution in [0.25, 0.3) is 0 Å². The molecule has 2 fully saturated rings. The average molecular weight is 318 g/mol. The average Bonchev–Trinajstić information content (AvgIpc) is 3.29. The van der Waals surface area contributed by atoms with Gasteiger partial charge < -0.3 is 14.0 Å². The third-order valence-electron chi connectivity index (χ3n) is 4.52. The van der Waals surface area contributed by atoms with Gasteiger partial charge in [0.2, 0.25) is 0 Å². The Morgan fingerprint density at radius 3 is 2.09 bits per heavy atom. The van der Waals surface area contributed by atoms with Crippen LogP contribution in [-0.2, 0) is 18.8 Å². The molecule has 0 amide bonds. The van der Waals surface area contributed by atoms with Gasteiger partial charge in [-0.2, -0.15) is 0 Å². The lowest BCUT2D eigenvalue weighted by Crippen LogP contribution is -2.41. The first-order valence-corrected chi connectivity index (χ1v) is 8.34. The van der Waals surface area contributed by atoms with E-state index in [0.29, 0.717) is 6.61 Å². The Balaban J connectivity index is 0.000000203. The molecule has 1 aromatic carbocycles. The van der Waals surface area contributed by atoms with Gasteiger partial charge in [-0.05, 0) is 52.9 Å². The SMILES string of the molecule is CC1(C)OB(c2ccccc2)OC1(C)C.CCOC(=O)C1CC1. The van der Waals surface area contributed by atoms with Crippen molar-refractivity contribution >= 4 is 18.6 Å². The highest BCUT2D eigenvalue weighted by atomic mass is 16.7. The van der Waals surface area contributed by atoms with E-state index in [9.17, 15) is 4.79 Å². The highest BCUT2D eigenvalue weighted by Crippen LogP contribution is 2.36. The van der Waals surface area contributed by atoms with E-state index in [1.807, 2.05) is 37.3 Å². The Bertz CT molecular complexity index is 507. The van der Waals surface area contributed by atoms with Crippen molar-refractivity contribution in [3.05, 3.63) is 30.3 Å². The number of carbonyl (C=O) groups excluding carboxylic acids is 1. The molecule has 0 atom stereocenters. The van der Waals surface area contributed by atoms with Crippen LogP contribution in [0.15, 0.2) is 30.3 Å². The molecule has 3 rings (SSSR count). The molecule has 5 heteroatoms. The number of hydrogen-bond acceptors (Lipinski definition) is 4. The zero-order valence-electron chi connectivity index (χ0n) is 14.8. The van der Waals surface area contributed by atoms with Crippen molar-refractivity contribution < 1.29 is 18.8 Å². The number of hydrogen-bond donors (Lipinski definition) is 0. The van der Waals surface area contributed by atoms with Crippen LogP contribution in [0.5, 0.6) is 0 Å². The second-order valence-corrected chi connectivity index (χ2v) is 7.03. The molecule has 126 valence electrons. The van der Waals surface area contributed by atoms with Gasteiger partial charge in [0.15, 0.2) is 0 Å². The van der Waals surface area contributed by atoms with Gasteiger partial charge in [0, 0.05) is 0 Å². The fraction of sp³-hybridized carbons (Fsp3) is 0.611. The van der Waals surface area contributed by atoms with Gasteiger partial charge in [-0.15, -0.1) is 0 Å². The molecule has 1 aromatic rings. The monoisotopic (exact) mass is 318 g/mol. The van der Waals surface area contributed by atoms with E-state index < -0.39 is 0 Å². The largest absolute Gasteiger partial charge is 0.494 e. The molecule has 1 saturated heterocycles. The van der Waals surface area contributed by atoms with E-state index in [-0.39, 0.29) is 30.2 Å². The summed E-state index contributed by atoms with van der Waals surface area (Å²) in [5, 5.41) is 0. The van der Waals surface area contributed by atoms with Crippen LogP contribution in [-0.4, -0.2) is 30.9 Å². The van der Waals surface area contributed by atoms with Gasteiger partial charge in [-0.25, -0.2) is 0 Å². The van der Waals surface area contributed by atoms with E-state index in [1.54, 1.807) is 0 Å². The van der Waals surface area contributed by atoms with Crippen molar-refractivity contribution in [2.24, 2.45) is 5.92 Å². The predicted molar refractivity (Wildman–Crippen MR) is 91.5 cm³/mol. The highest BCUT2D eigenvalue weighted by molar-refractivity contribution is 6.62. The number of benzene rings is 1. The molecule has 0 radical (unpaired) electrons. The van der Waals surface area contributed by atoms with Gasteiger partial charge in [-0.3, -0.25) is 4.79 Å². The van der Waals surface area contributed by atoms with Crippen LogP contribution in [0.1, 0.15) is 47.5 Å². The summed E-state index contributed by atoms with van der Waals surface area (Å²) in [5.41, 5.74) is 0.567. The summed E-state index contributed by atoms with van der Waals surface area (Å²) in [6.07, 6.45) is 2.08. The van der Waals surface area contributed by atoms with Crippen molar-refractivity contribution in [1.82, 2.24) is 0 Å². The zero-order valence-corrected chi connectivity index (χ0v) is 14.8. The topological polar surface area (TPSA) is 44.8 Å². The lowest BCUT2D eigenvalue weighted by molar-refractivity contribution is -0.144. The van der Waals surface area contributed by atoms with Crippen LogP contribution >= 0.6 is 0 Å². The standard InChI is InChI=1S/C12H17BO2.C6H10O2/c1-11(2)12(3,4)15-13(14-11)10-8-6-5-7-9-10;1-2-8-6(7)5-3-4-5/h5-9H,1-4H3;5H,2-4H2,1H3. The normalized spacial score (nSPS) is 21.3. The molecule has 2 aliphatic rings. The number of rotatable bonds is 3. The Morgan fingerprint density at radius 1 is 1.13 bits per heavy atom. The molecular formula is C18H27BO4. The first-order valence-electron chi connectivity index (χ1n) is 8.34. The first-order chi connectivity index (χ1) is 10.8. The smallest absolute Gasteiger partial charge is 0.466 e. The van der Waals surface area contributed by atoms with Crippen molar-refractivity contribution in [1.29, 1.82) is 0 Å². The maximum absolute atomic E-state index is 10.6. The molecule has 4 nitrogen and oxygen atoms in total. The molecule has 1 aliphatic heterocycles. The lowest BCUT2D eigenvalue weighted by atomic mass is 9.79. The Kier molecular flexibility index (Phi) is 5.53. The predicted octanol–water partition coefficient (Wildman–Crippen LogP) is 2.95. The van der Waals surface area contributed by atoms with E-state index >= 15 is 0 Å². The zero-order chi connectivity index (χ0) is 17.1. The van der Waals surface area contributed by atoms with E-state index in [2.05, 4.69) is 27.7 Å². The Hall–Kier alpha value is -1.33. The minimum atomic E-state index is -0.256. The number of carbonyl (C=O) groups is 1. The van der Waals surface area contributed by atoms with E-state index in [4.69, 9.17) is 14.0 Å². The molecule has 0 N–H and O–H groups in total. The third kappa shape index (κ3) is 4.58. The maximum Gasteiger partial charge on any atom is 0.494 e. The summed E-state index contributed by atoms with van der Waals surface area (Å²) < 4.78 is 16.6. The number of ether oxygens (including phenoxy) is 1. The molecule has 0 spiro atoms. The van der Waals surface area contributed by atoms with Gasteiger partial charge in [-0.1, -0.05) is 30.3 Å². The van der Waals surface area contributed by atoms with Crippen molar-refractivity contribution in [3.63, 3.8) is 0 Å². The summed E-state index contributed by atoms with van der Waals surface area (Å²) in [4.78, 5) is 10.6. The Morgan fingerprint density at radius 2 is 1.65 bits per heavy atom. The first kappa shape index (κ1) is 18.0. The van der Waals surface area contributed by atoms with Crippen LogP contribution in [0, 0.1) is 5.92 Å². The van der Waals surface area contributed by atoms with Crippen molar-refractivity contribution in [2.75, 3.05) is 6.61 Å². The Labute approximate surface area is 139 Å². The maximum atomic E-state index is 10.6. The van der Waals surface area contributed by atoms with E-state index in [1.165, 1.54) is 0 Å². The molecule has 0 unspecified atom stereocenters. The van der Waals surface area contributed by atoms with Crippen molar-refractivity contribution in [3.8, 4) is 0 Å². The quantitative estimate of drug-likeness (QED) is 0.635. The summed E-state index contributed by atoms with van der Waals surface area (Å²) in [5.74, 6) is 0.252. The molecule has 1 saturated carbocycles. The van der Waals surface area contributed by atoms with Gasteiger partial charge in [0.05, 0.1) is 23.7 Å². The molecule has 0 aromatic heterocycles. The van der Waals surface area contributed by atoms with Crippen LogP contribution in [0.3, 0.4) is 0 Å². The highest BCUT2D eigenvalue weighted by Gasteiger charge is 2.51. The molecule has 1 heterocycles. The molecular weight excluding hydrogens is 291 g/mol. The van der Waals surface area contributed by atoms with E-state index in [0.717, 1.165) is 18.3 Å². The third-order valence-corrected chi connectivity index (χ3v) is 4.52. The summed E-state index contributed by atoms with van der Waals surface area (Å²) >= 11 is 0. The summed E-state index contributed by atoms with van der Waals surface area (Å²) in [6.45, 7) is 10.6. The lowest BCUT2D eigenvalue weighted by Gasteiger charge is -2.32. The molecule has 23 heavy (non-hydrogen) atoms. The minimum Gasteiger partial charge on any atom is -0.466 e. The van der Waals surface area contributed by atoms with Crippen LogP contribution in [0.4, 0.5) is 0 Å². The van der Waals surface area contributed by atoms with Gasteiger partial charge >= 0.3 is 13.1 Å². The van der Waals surface area contributed by atoms with Gasteiger partial charge in [0.1, 0.15) is 0 Å². The second kappa shape index (κ2) is 7.06. The molecule has 1 aliphatic carbocycles. The molecule has 0 bridgehead atoms. The summed E-state index contributed by atoms with van der Waals surface area (Å²) in [6, 6.07) is 10.1. The fourth-order valence-corrected chi connectivity index (χ4v) is 2.17. The summed E-state index contributed by atoms with van der Waals surface area (Å²) in [7, 11) is -0.240.